The van der Waals surface area contributed by atoms with Gasteiger partial charge >= 0.3 is 0 Å². The number of nitrogens with one attached hydrogen (secondary N) is 2. The molecule has 0 bridgehead atoms. The van der Waals surface area contributed by atoms with Crippen LogP contribution in [0.2, 0.25) is 0 Å². The lowest BCUT2D eigenvalue weighted by Crippen LogP contribution is -2.47. The number of carbonyl (C=O) groups excluding carboxylic acids is 2. The summed E-state index contributed by atoms with van der Waals surface area (Å²) in [4.78, 5) is 34.5. The van der Waals surface area contributed by atoms with E-state index in [0.717, 1.165) is 11.1 Å². The quantitative estimate of drug-likeness (QED) is 0.482. The van der Waals surface area contributed by atoms with Crippen LogP contribution < -0.4 is 15.6 Å². The number of nitrogens with zero attached hydrogens (tertiary/aromatic N) is 1. The lowest BCUT2D eigenvalue weighted by molar-refractivity contribution is -0.384. The number of rotatable bonds is 6. The van der Waals surface area contributed by atoms with E-state index in [1.54, 1.807) is 12.1 Å². The summed E-state index contributed by atoms with van der Waals surface area (Å²) in [5.74, 6) is -0.737. The molecule has 0 fully saturated rings. The van der Waals surface area contributed by atoms with Gasteiger partial charge in [0.05, 0.1) is 4.92 Å². The van der Waals surface area contributed by atoms with Gasteiger partial charge in [0.15, 0.2) is 6.10 Å². The summed E-state index contributed by atoms with van der Waals surface area (Å²) in [5, 5.41) is 10.7. The van der Waals surface area contributed by atoms with E-state index in [1.165, 1.54) is 31.2 Å². The highest BCUT2D eigenvalue weighted by molar-refractivity contribution is 5.96. The Kier molecular flexibility index (Phi) is 6.39. The summed E-state index contributed by atoms with van der Waals surface area (Å²) in [6.45, 7) is 1.50. The van der Waals surface area contributed by atoms with Crippen LogP contribution in [0.25, 0.3) is 11.1 Å². The minimum Gasteiger partial charge on any atom is -0.481 e. The highest BCUT2D eigenvalue weighted by atomic mass is 16.6. The van der Waals surface area contributed by atoms with Gasteiger partial charge in [0, 0.05) is 17.7 Å². The SMILES string of the molecule is CC(Oc1ccc([N+](=O)[O-])cc1)C(=O)NNC(=O)c1ccc(-c2ccccc2)cc1. The number of amides is 2. The Morgan fingerprint density at radius 3 is 2.07 bits per heavy atom. The summed E-state index contributed by atoms with van der Waals surface area (Å²) in [6, 6.07) is 22.1. The van der Waals surface area contributed by atoms with Gasteiger partial charge in [-0.05, 0) is 42.3 Å². The number of nitro benzene ring substituents is 1. The molecule has 0 saturated heterocycles. The fourth-order valence-corrected chi connectivity index (χ4v) is 2.64. The second kappa shape index (κ2) is 9.33. The molecule has 0 saturated carbocycles. The van der Waals surface area contributed by atoms with E-state index in [4.69, 9.17) is 4.74 Å². The Hall–Kier alpha value is -4.20. The molecule has 1 unspecified atom stereocenters. The number of hydrazine groups is 1. The molecule has 3 aromatic rings. The van der Waals surface area contributed by atoms with Crippen LogP contribution in [0.5, 0.6) is 5.75 Å². The summed E-state index contributed by atoms with van der Waals surface area (Å²) >= 11 is 0. The predicted molar refractivity (Wildman–Crippen MR) is 111 cm³/mol. The maximum absolute atomic E-state index is 12.2. The molecule has 3 rings (SSSR count). The van der Waals surface area contributed by atoms with Gasteiger partial charge in [-0.15, -0.1) is 0 Å². The molecule has 152 valence electrons. The minimum atomic E-state index is -0.924. The predicted octanol–water partition coefficient (Wildman–Crippen LogP) is 3.49. The molecule has 8 heteroatoms. The van der Waals surface area contributed by atoms with Crippen molar-refractivity contribution in [3.05, 3.63) is 94.5 Å². The first kappa shape index (κ1) is 20.5. The monoisotopic (exact) mass is 405 g/mol. The van der Waals surface area contributed by atoms with Crippen LogP contribution in [0, 0.1) is 10.1 Å². The van der Waals surface area contributed by atoms with Crippen molar-refractivity contribution in [2.75, 3.05) is 0 Å². The van der Waals surface area contributed by atoms with Gasteiger partial charge in [0.1, 0.15) is 5.75 Å². The molecule has 2 amide bonds. The van der Waals surface area contributed by atoms with Crippen molar-refractivity contribution < 1.29 is 19.2 Å². The van der Waals surface area contributed by atoms with E-state index in [0.29, 0.717) is 11.3 Å². The molecule has 3 aromatic carbocycles. The molecule has 0 aliphatic heterocycles. The highest BCUT2D eigenvalue weighted by Gasteiger charge is 2.16. The Labute approximate surface area is 172 Å². The normalized spacial score (nSPS) is 11.2. The van der Waals surface area contributed by atoms with E-state index in [9.17, 15) is 19.7 Å². The first-order valence-corrected chi connectivity index (χ1v) is 9.11. The number of non-ortho nitro benzene ring substituents is 1. The zero-order valence-corrected chi connectivity index (χ0v) is 16.1. The summed E-state index contributed by atoms with van der Waals surface area (Å²) in [7, 11) is 0. The largest absolute Gasteiger partial charge is 0.481 e. The Morgan fingerprint density at radius 1 is 0.867 bits per heavy atom. The third-order valence-electron chi connectivity index (χ3n) is 4.28. The van der Waals surface area contributed by atoms with Gasteiger partial charge in [-0.25, -0.2) is 0 Å². The van der Waals surface area contributed by atoms with Crippen molar-refractivity contribution in [1.29, 1.82) is 0 Å². The van der Waals surface area contributed by atoms with Crippen molar-refractivity contribution in [3.8, 4) is 16.9 Å². The average Bonchev–Trinajstić information content (AvgIpc) is 2.78. The molecular weight excluding hydrogens is 386 g/mol. The van der Waals surface area contributed by atoms with Crippen molar-refractivity contribution in [3.63, 3.8) is 0 Å². The van der Waals surface area contributed by atoms with Crippen LogP contribution in [-0.4, -0.2) is 22.8 Å². The lowest BCUT2D eigenvalue weighted by Gasteiger charge is -2.15. The fraction of sp³-hybridized carbons (Fsp3) is 0.0909. The molecule has 0 heterocycles. The molecule has 1 atom stereocenters. The lowest BCUT2D eigenvalue weighted by atomic mass is 10.0. The Balaban J connectivity index is 1.52. The van der Waals surface area contributed by atoms with Crippen molar-refractivity contribution in [2.45, 2.75) is 13.0 Å². The maximum Gasteiger partial charge on any atom is 0.279 e. The van der Waals surface area contributed by atoms with Gasteiger partial charge in [-0.3, -0.25) is 30.6 Å². The summed E-state index contributed by atoms with van der Waals surface area (Å²) in [5.41, 5.74) is 6.97. The molecule has 0 aromatic heterocycles. The van der Waals surface area contributed by atoms with E-state index >= 15 is 0 Å². The number of ether oxygens (including phenoxy) is 1. The standard InChI is InChI=1S/C22H19N3O5/c1-15(30-20-13-11-19(12-14-20)25(28)29)21(26)23-24-22(27)18-9-7-17(8-10-18)16-5-3-2-4-6-16/h2-15H,1H3,(H,23,26)(H,24,27). The first-order valence-electron chi connectivity index (χ1n) is 9.11. The molecule has 0 spiro atoms. The zero-order valence-electron chi connectivity index (χ0n) is 16.1. The second-order valence-corrected chi connectivity index (χ2v) is 6.40. The van der Waals surface area contributed by atoms with Gasteiger partial charge in [0.25, 0.3) is 17.5 Å². The smallest absolute Gasteiger partial charge is 0.279 e. The average molecular weight is 405 g/mol. The fourth-order valence-electron chi connectivity index (χ4n) is 2.64. The number of carbonyl (C=O) groups is 2. The van der Waals surface area contributed by atoms with Gasteiger partial charge < -0.3 is 4.74 Å². The van der Waals surface area contributed by atoms with Crippen LogP contribution >= 0.6 is 0 Å². The number of nitro groups is 1. The molecule has 0 aliphatic carbocycles. The number of benzene rings is 3. The molecule has 0 radical (unpaired) electrons. The van der Waals surface area contributed by atoms with Gasteiger partial charge in [-0.2, -0.15) is 0 Å². The first-order chi connectivity index (χ1) is 14.4. The zero-order chi connectivity index (χ0) is 21.5. The van der Waals surface area contributed by atoms with Crippen molar-refractivity contribution in [1.82, 2.24) is 10.9 Å². The number of hydrogen-bond acceptors (Lipinski definition) is 5. The number of hydrogen-bond donors (Lipinski definition) is 2. The maximum atomic E-state index is 12.2. The third kappa shape index (κ3) is 5.20. The van der Waals surface area contributed by atoms with Crippen molar-refractivity contribution >= 4 is 17.5 Å². The molecule has 8 nitrogen and oxygen atoms in total. The van der Waals surface area contributed by atoms with E-state index in [-0.39, 0.29) is 5.69 Å². The summed E-state index contributed by atoms with van der Waals surface area (Å²) in [6.07, 6.45) is -0.924. The van der Waals surface area contributed by atoms with E-state index in [1.807, 2.05) is 42.5 Å². The van der Waals surface area contributed by atoms with E-state index < -0.39 is 22.8 Å². The van der Waals surface area contributed by atoms with Crippen LogP contribution in [0.15, 0.2) is 78.9 Å². The van der Waals surface area contributed by atoms with Gasteiger partial charge in [0.2, 0.25) is 0 Å². The molecular formula is C22H19N3O5. The highest BCUT2D eigenvalue weighted by Crippen LogP contribution is 2.20. The van der Waals surface area contributed by atoms with Crippen molar-refractivity contribution in [2.24, 2.45) is 0 Å². The second-order valence-electron chi connectivity index (χ2n) is 6.40. The summed E-state index contributed by atoms with van der Waals surface area (Å²) < 4.78 is 5.43. The molecule has 0 aliphatic rings. The molecule has 30 heavy (non-hydrogen) atoms. The van der Waals surface area contributed by atoms with Crippen LogP contribution in [0.4, 0.5) is 5.69 Å². The Bertz CT molecular complexity index is 1030. The minimum absolute atomic E-state index is 0.0787. The van der Waals surface area contributed by atoms with E-state index in [2.05, 4.69) is 10.9 Å². The topological polar surface area (TPSA) is 111 Å². The van der Waals surface area contributed by atoms with Crippen LogP contribution in [-0.2, 0) is 4.79 Å². The third-order valence-corrected chi connectivity index (χ3v) is 4.28. The van der Waals surface area contributed by atoms with Crippen LogP contribution in [0.1, 0.15) is 17.3 Å². The van der Waals surface area contributed by atoms with Crippen LogP contribution in [0.3, 0.4) is 0 Å². The molecule has 2 N–H and O–H groups in total. The Morgan fingerprint density at radius 2 is 1.47 bits per heavy atom. The van der Waals surface area contributed by atoms with Gasteiger partial charge in [-0.1, -0.05) is 42.5 Å².